The third-order valence-corrected chi connectivity index (χ3v) is 4.20. The first-order valence-corrected chi connectivity index (χ1v) is 7.61. The number of ether oxygens (including phenoxy) is 1. The molecule has 4 heteroatoms. The average Bonchev–Trinajstić information content (AvgIpc) is 2.38. The van der Waals surface area contributed by atoms with Crippen LogP contribution in [0.5, 0.6) is 0 Å². The van der Waals surface area contributed by atoms with Gasteiger partial charge in [-0.05, 0) is 39.2 Å². The molecule has 0 spiro atoms. The highest BCUT2D eigenvalue weighted by Crippen LogP contribution is 2.31. The highest BCUT2D eigenvalue weighted by molar-refractivity contribution is 4.96. The van der Waals surface area contributed by atoms with E-state index in [1.165, 1.54) is 12.8 Å². The van der Waals surface area contributed by atoms with Crippen molar-refractivity contribution >= 4 is 0 Å². The van der Waals surface area contributed by atoms with Crippen LogP contribution in [0.3, 0.4) is 0 Å². The fourth-order valence-corrected chi connectivity index (χ4v) is 3.28. The summed E-state index contributed by atoms with van der Waals surface area (Å²) in [5.74, 6) is 0. The smallest absolute Gasteiger partial charge is 0.0613 e. The van der Waals surface area contributed by atoms with Crippen LogP contribution in [0.25, 0.3) is 0 Å². The number of nitrogens with zero attached hydrogens (tertiary/aromatic N) is 1. The molecule has 0 aromatic heterocycles. The van der Waals surface area contributed by atoms with Crippen molar-refractivity contribution in [1.82, 2.24) is 10.2 Å². The summed E-state index contributed by atoms with van der Waals surface area (Å²) in [6, 6.07) is 0.994. The molecule has 2 N–H and O–H groups in total. The van der Waals surface area contributed by atoms with E-state index >= 15 is 0 Å². The van der Waals surface area contributed by atoms with Crippen molar-refractivity contribution < 1.29 is 9.84 Å². The lowest BCUT2D eigenvalue weighted by Crippen LogP contribution is -2.57. The van der Waals surface area contributed by atoms with Gasteiger partial charge in [0.15, 0.2) is 0 Å². The molecule has 1 rings (SSSR count). The molecule has 114 valence electrons. The Balaban J connectivity index is 2.51. The largest absolute Gasteiger partial charge is 0.394 e. The van der Waals surface area contributed by atoms with E-state index in [2.05, 4.69) is 31.1 Å². The Hall–Kier alpha value is -0.160. The summed E-state index contributed by atoms with van der Waals surface area (Å²) in [7, 11) is 3.95. The zero-order chi connectivity index (χ0) is 14.3. The van der Waals surface area contributed by atoms with Gasteiger partial charge >= 0.3 is 0 Å². The third-order valence-electron chi connectivity index (χ3n) is 4.20. The van der Waals surface area contributed by atoms with E-state index in [1.807, 2.05) is 0 Å². The zero-order valence-electron chi connectivity index (χ0n) is 13.1. The van der Waals surface area contributed by atoms with Gasteiger partial charge in [0, 0.05) is 37.9 Å². The summed E-state index contributed by atoms with van der Waals surface area (Å²) in [5.41, 5.74) is -0.0768. The van der Waals surface area contributed by atoms with Crippen molar-refractivity contribution in [2.45, 2.75) is 63.6 Å². The summed E-state index contributed by atoms with van der Waals surface area (Å²) < 4.78 is 5.12. The van der Waals surface area contributed by atoms with E-state index in [9.17, 15) is 5.11 Å². The summed E-state index contributed by atoms with van der Waals surface area (Å²) in [6.07, 6.45) is 5.65. The Morgan fingerprint density at radius 2 is 2.21 bits per heavy atom. The number of rotatable bonds is 8. The molecule has 0 radical (unpaired) electrons. The minimum atomic E-state index is -0.0768. The van der Waals surface area contributed by atoms with E-state index in [0.717, 1.165) is 32.4 Å². The molecule has 4 nitrogen and oxygen atoms in total. The molecule has 0 heterocycles. The van der Waals surface area contributed by atoms with Crippen LogP contribution in [0.2, 0.25) is 0 Å². The molecule has 0 amide bonds. The van der Waals surface area contributed by atoms with Gasteiger partial charge in [-0.1, -0.05) is 13.8 Å². The van der Waals surface area contributed by atoms with Crippen LogP contribution in [-0.4, -0.2) is 61.5 Å². The fraction of sp³-hybridized carbons (Fsp3) is 1.00. The van der Waals surface area contributed by atoms with E-state index in [0.29, 0.717) is 12.1 Å². The lowest BCUT2D eigenvalue weighted by atomic mass is 9.78. The number of methoxy groups -OCH3 is 1. The van der Waals surface area contributed by atoms with Gasteiger partial charge in [-0.25, -0.2) is 0 Å². The Kier molecular flexibility index (Phi) is 7.29. The van der Waals surface area contributed by atoms with Crippen LogP contribution in [0.1, 0.15) is 46.0 Å². The molecule has 1 saturated carbocycles. The van der Waals surface area contributed by atoms with Gasteiger partial charge in [0.2, 0.25) is 0 Å². The van der Waals surface area contributed by atoms with Gasteiger partial charge in [-0.2, -0.15) is 0 Å². The minimum Gasteiger partial charge on any atom is -0.394 e. The van der Waals surface area contributed by atoms with Crippen molar-refractivity contribution in [2.75, 3.05) is 33.9 Å². The van der Waals surface area contributed by atoms with Gasteiger partial charge in [-0.3, -0.25) is 0 Å². The summed E-state index contributed by atoms with van der Waals surface area (Å²) in [6.45, 7) is 6.45. The first kappa shape index (κ1) is 16.9. The third kappa shape index (κ3) is 5.38. The first-order chi connectivity index (χ1) is 9.03. The standard InChI is InChI=1S/C15H32N2O2/c1-13(2)16-15(12-18)8-5-7-14(11-15)17(3)9-6-10-19-4/h13-14,16,18H,5-12H2,1-4H3. The van der Waals surface area contributed by atoms with Crippen molar-refractivity contribution in [3.63, 3.8) is 0 Å². The van der Waals surface area contributed by atoms with Gasteiger partial charge in [0.25, 0.3) is 0 Å². The molecule has 1 aliphatic rings. The Labute approximate surface area is 118 Å². The Bertz CT molecular complexity index is 248. The number of hydrogen-bond donors (Lipinski definition) is 2. The topological polar surface area (TPSA) is 44.7 Å². The molecule has 19 heavy (non-hydrogen) atoms. The monoisotopic (exact) mass is 272 g/mol. The summed E-state index contributed by atoms with van der Waals surface area (Å²) >= 11 is 0. The molecule has 0 aliphatic heterocycles. The number of aliphatic hydroxyl groups excluding tert-OH is 1. The molecule has 2 atom stereocenters. The van der Waals surface area contributed by atoms with Crippen molar-refractivity contribution in [1.29, 1.82) is 0 Å². The van der Waals surface area contributed by atoms with E-state index in [1.54, 1.807) is 7.11 Å². The summed E-state index contributed by atoms with van der Waals surface area (Å²) in [4.78, 5) is 2.44. The van der Waals surface area contributed by atoms with Crippen molar-refractivity contribution in [3.8, 4) is 0 Å². The molecule has 0 aromatic carbocycles. The van der Waals surface area contributed by atoms with Crippen LogP contribution >= 0.6 is 0 Å². The average molecular weight is 272 g/mol. The van der Waals surface area contributed by atoms with Crippen molar-refractivity contribution in [3.05, 3.63) is 0 Å². The maximum Gasteiger partial charge on any atom is 0.0613 e. The molecule has 0 bridgehead atoms. The van der Waals surface area contributed by atoms with Gasteiger partial charge in [0.1, 0.15) is 0 Å². The van der Waals surface area contributed by atoms with Crippen LogP contribution in [0.15, 0.2) is 0 Å². The molecule has 0 saturated heterocycles. The number of nitrogens with one attached hydrogen (secondary N) is 1. The van der Waals surface area contributed by atoms with E-state index in [-0.39, 0.29) is 12.1 Å². The molecule has 1 aliphatic carbocycles. The van der Waals surface area contributed by atoms with Crippen LogP contribution < -0.4 is 5.32 Å². The second-order valence-electron chi connectivity index (χ2n) is 6.31. The fourth-order valence-electron chi connectivity index (χ4n) is 3.28. The highest BCUT2D eigenvalue weighted by Gasteiger charge is 2.37. The second kappa shape index (κ2) is 8.20. The summed E-state index contributed by atoms with van der Waals surface area (Å²) in [5, 5.41) is 13.4. The first-order valence-electron chi connectivity index (χ1n) is 7.61. The predicted octanol–water partition coefficient (Wildman–Crippen LogP) is 1.63. The lowest BCUT2D eigenvalue weighted by molar-refractivity contribution is 0.0605. The number of hydrogen-bond acceptors (Lipinski definition) is 4. The molecular weight excluding hydrogens is 240 g/mol. The Morgan fingerprint density at radius 1 is 1.47 bits per heavy atom. The van der Waals surface area contributed by atoms with Crippen molar-refractivity contribution in [2.24, 2.45) is 0 Å². The molecular formula is C15H32N2O2. The minimum absolute atomic E-state index is 0.0768. The van der Waals surface area contributed by atoms with E-state index in [4.69, 9.17) is 4.74 Å². The van der Waals surface area contributed by atoms with Crippen LogP contribution in [0.4, 0.5) is 0 Å². The maximum absolute atomic E-state index is 9.80. The highest BCUT2D eigenvalue weighted by atomic mass is 16.5. The molecule has 1 fully saturated rings. The quantitative estimate of drug-likeness (QED) is 0.659. The van der Waals surface area contributed by atoms with Gasteiger partial charge in [-0.15, -0.1) is 0 Å². The zero-order valence-corrected chi connectivity index (χ0v) is 13.1. The normalized spacial score (nSPS) is 28.3. The molecule has 0 aromatic rings. The second-order valence-corrected chi connectivity index (χ2v) is 6.31. The predicted molar refractivity (Wildman–Crippen MR) is 79.5 cm³/mol. The Morgan fingerprint density at radius 3 is 2.79 bits per heavy atom. The number of aliphatic hydroxyl groups is 1. The maximum atomic E-state index is 9.80. The SMILES string of the molecule is COCCCN(C)C1CCCC(CO)(NC(C)C)C1. The van der Waals surface area contributed by atoms with Gasteiger partial charge in [0.05, 0.1) is 6.61 Å². The van der Waals surface area contributed by atoms with Crippen LogP contribution in [0, 0.1) is 0 Å². The van der Waals surface area contributed by atoms with Gasteiger partial charge < -0.3 is 20.1 Å². The van der Waals surface area contributed by atoms with E-state index < -0.39 is 0 Å². The lowest BCUT2D eigenvalue weighted by Gasteiger charge is -2.44. The van der Waals surface area contributed by atoms with Crippen LogP contribution in [-0.2, 0) is 4.74 Å². The molecule has 2 unspecified atom stereocenters.